The zero-order valence-electron chi connectivity index (χ0n) is 13.0. The van der Waals surface area contributed by atoms with E-state index in [2.05, 4.69) is 15.5 Å². The molecule has 3 heterocycles. The van der Waals surface area contributed by atoms with Crippen LogP contribution in [0.25, 0.3) is 5.65 Å². The molecule has 2 aromatic heterocycles. The average molecular weight is 317 g/mol. The third-order valence-electron chi connectivity index (χ3n) is 4.04. The molecule has 1 atom stereocenters. The maximum absolute atomic E-state index is 12.8. The van der Waals surface area contributed by atoms with Crippen LogP contribution in [0.1, 0.15) is 43.0 Å². The molecular weight excluding hydrogens is 298 g/mol. The second-order valence-electron chi connectivity index (χ2n) is 5.55. The highest BCUT2D eigenvalue weighted by Crippen LogP contribution is 2.22. The van der Waals surface area contributed by atoms with Crippen LogP contribution in [0.5, 0.6) is 0 Å². The number of esters is 1. The summed E-state index contributed by atoms with van der Waals surface area (Å²) >= 11 is 0. The summed E-state index contributed by atoms with van der Waals surface area (Å²) < 4.78 is 6.52. The third-order valence-corrected chi connectivity index (χ3v) is 4.04. The fourth-order valence-corrected chi connectivity index (χ4v) is 2.93. The lowest BCUT2D eigenvalue weighted by Crippen LogP contribution is -2.45. The molecule has 0 saturated carbocycles. The zero-order chi connectivity index (χ0) is 16.2. The minimum atomic E-state index is -0.255. The Kier molecular flexibility index (Phi) is 4.50. The number of ether oxygens (including phenoxy) is 1. The van der Waals surface area contributed by atoms with Crippen molar-refractivity contribution < 1.29 is 14.3 Å². The number of hydrogen-bond donors (Lipinski definition) is 0. The molecule has 1 saturated heterocycles. The molecule has 0 spiro atoms. The molecule has 0 aliphatic carbocycles. The molecular formula is C15H19N5O3. The van der Waals surface area contributed by atoms with Gasteiger partial charge in [-0.3, -0.25) is 9.59 Å². The lowest BCUT2D eigenvalue weighted by Gasteiger charge is -2.35. The Morgan fingerprint density at radius 2 is 2.26 bits per heavy atom. The van der Waals surface area contributed by atoms with Gasteiger partial charge in [-0.15, -0.1) is 5.10 Å². The number of rotatable bonds is 4. The van der Waals surface area contributed by atoms with Gasteiger partial charge in [0.05, 0.1) is 13.0 Å². The smallest absolute Gasteiger partial charge is 0.307 e. The molecule has 1 amide bonds. The van der Waals surface area contributed by atoms with Crippen molar-refractivity contribution in [2.24, 2.45) is 0 Å². The third kappa shape index (κ3) is 3.30. The predicted molar refractivity (Wildman–Crippen MR) is 80.7 cm³/mol. The first-order chi connectivity index (χ1) is 11.2. The van der Waals surface area contributed by atoms with Gasteiger partial charge < -0.3 is 9.64 Å². The number of carbonyl (C=O) groups is 2. The summed E-state index contributed by atoms with van der Waals surface area (Å²) in [5, 5.41) is 11.2. The van der Waals surface area contributed by atoms with E-state index >= 15 is 0 Å². The van der Waals surface area contributed by atoms with Crippen LogP contribution < -0.4 is 0 Å². The molecule has 0 aromatic carbocycles. The number of carbonyl (C=O) groups excluding carboxylic acids is 2. The largest absolute Gasteiger partial charge is 0.466 e. The van der Waals surface area contributed by atoms with Crippen molar-refractivity contribution in [2.45, 2.75) is 38.6 Å². The second kappa shape index (κ2) is 6.72. The van der Waals surface area contributed by atoms with E-state index in [1.165, 1.54) is 4.52 Å². The van der Waals surface area contributed by atoms with E-state index in [0.29, 0.717) is 24.4 Å². The Morgan fingerprint density at radius 3 is 3.09 bits per heavy atom. The molecule has 3 rings (SSSR count). The van der Waals surface area contributed by atoms with Crippen molar-refractivity contribution in [1.29, 1.82) is 0 Å². The number of amides is 1. The monoisotopic (exact) mass is 317 g/mol. The molecule has 1 fully saturated rings. The lowest BCUT2D eigenvalue weighted by atomic mass is 9.98. The van der Waals surface area contributed by atoms with Crippen molar-refractivity contribution in [2.75, 3.05) is 13.2 Å². The molecule has 122 valence electrons. The van der Waals surface area contributed by atoms with Gasteiger partial charge in [-0.2, -0.15) is 0 Å². The van der Waals surface area contributed by atoms with Crippen LogP contribution in [0.3, 0.4) is 0 Å². The van der Waals surface area contributed by atoms with Crippen molar-refractivity contribution in [1.82, 2.24) is 24.9 Å². The van der Waals surface area contributed by atoms with Crippen LogP contribution in [0.15, 0.2) is 18.3 Å². The maximum atomic E-state index is 12.8. The standard InChI is InChI=1S/C15H19N5O3/c1-2-23-14(21)10-12-5-3-4-7-19(12)15(22)11-6-8-20-13(9-11)16-17-18-20/h6,8-9,12H,2-5,7,10H2,1H3/t12-/m0/s1. The minimum Gasteiger partial charge on any atom is -0.466 e. The van der Waals surface area contributed by atoms with Crippen molar-refractivity contribution in [3.8, 4) is 0 Å². The number of fused-ring (bicyclic) bond motifs is 1. The van der Waals surface area contributed by atoms with E-state index in [1.807, 2.05) is 0 Å². The highest BCUT2D eigenvalue weighted by atomic mass is 16.5. The molecule has 1 aliphatic heterocycles. The number of tetrazole rings is 1. The van der Waals surface area contributed by atoms with Crippen LogP contribution in [-0.4, -0.2) is 56.0 Å². The highest BCUT2D eigenvalue weighted by Gasteiger charge is 2.29. The first-order valence-corrected chi connectivity index (χ1v) is 7.83. The fraction of sp³-hybridized carbons (Fsp3) is 0.533. The van der Waals surface area contributed by atoms with E-state index in [4.69, 9.17) is 4.74 Å². The van der Waals surface area contributed by atoms with Crippen LogP contribution in [0.4, 0.5) is 0 Å². The van der Waals surface area contributed by atoms with Crippen molar-refractivity contribution in [3.05, 3.63) is 23.9 Å². The number of nitrogens with zero attached hydrogens (tertiary/aromatic N) is 5. The molecule has 0 unspecified atom stereocenters. The fourth-order valence-electron chi connectivity index (χ4n) is 2.93. The van der Waals surface area contributed by atoms with E-state index in [-0.39, 0.29) is 24.3 Å². The quantitative estimate of drug-likeness (QED) is 0.784. The first-order valence-electron chi connectivity index (χ1n) is 7.83. The summed E-state index contributed by atoms with van der Waals surface area (Å²) in [7, 11) is 0. The first kappa shape index (κ1) is 15.4. The van der Waals surface area contributed by atoms with Gasteiger partial charge in [0, 0.05) is 24.3 Å². The second-order valence-corrected chi connectivity index (χ2v) is 5.55. The maximum Gasteiger partial charge on any atom is 0.307 e. The van der Waals surface area contributed by atoms with E-state index in [9.17, 15) is 9.59 Å². The lowest BCUT2D eigenvalue weighted by molar-refractivity contribution is -0.144. The van der Waals surface area contributed by atoms with Crippen LogP contribution in [0.2, 0.25) is 0 Å². The Labute approximate surface area is 133 Å². The topological polar surface area (TPSA) is 89.7 Å². The molecule has 0 N–H and O–H groups in total. The van der Waals surface area contributed by atoms with E-state index in [0.717, 1.165) is 19.3 Å². The summed E-state index contributed by atoms with van der Waals surface area (Å²) in [5.41, 5.74) is 1.05. The molecule has 0 radical (unpaired) electrons. The van der Waals surface area contributed by atoms with Crippen LogP contribution in [-0.2, 0) is 9.53 Å². The van der Waals surface area contributed by atoms with Crippen molar-refractivity contribution >= 4 is 17.5 Å². The van der Waals surface area contributed by atoms with Gasteiger partial charge in [-0.25, -0.2) is 4.52 Å². The van der Waals surface area contributed by atoms with E-state index < -0.39 is 0 Å². The Balaban J connectivity index is 1.78. The zero-order valence-corrected chi connectivity index (χ0v) is 13.0. The van der Waals surface area contributed by atoms with Gasteiger partial charge in [0.25, 0.3) is 5.91 Å². The summed E-state index contributed by atoms with van der Waals surface area (Å²) in [6.07, 6.45) is 4.68. The predicted octanol–water partition coefficient (Wildman–Crippen LogP) is 1.07. The van der Waals surface area contributed by atoms with Crippen LogP contribution in [0, 0.1) is 0 Å². The molecule has 0 bridgehead atoms. The summed E-state index contributed by atoms with van der Waals surface area (Å²) in [5.74, 6) is -0.348. The summed E-state index contributed by atoms with van der Waals surface area (Å²) in [6, 6.07) is 3.25. The molecule has 2 aromatic rings. The normalized spacial score (nSPS) is 18.1. The molecule has 23 heavy (non-hydrogen) atoms. The summed E-state index contributed by atoms with van der Waals surface area (Å²) in [4.78, 5) is 26.4. The van der Waals surface area contributed by atoms with Gasteiger partial charge in [0.1, 0.15) is 0 Å². The SMILES string of the molecule is CCOC(=O)C[C@@H]1CCCCN1C(=O)c1ccn2nnnc2c1. The van der Waals surface area contributed by atoms with Gasteiger partial charge in [0.2, 0.25) is 0 Å². The van der Waals surface area contributed by atoms with Gasteiger partial charge in [0.15, 0.2) is 5.65 Å². The number of likely N-dealkylation sites (tertiary alicyclic amines) is 1. The Morgan fingerprint density at radius 1 is 1.39 bits per heavy atom. The number of aromatic nitrogens is 4. The molecule has 8 heteroatoms. The molecule has 8 nitrogen and oxygen atoms in total. The Hall–Kier alpha value is -2.51. The number of piperidine rings is 1. The van der Waals surface area contributed by atoms with Gasteiger partial charge in [-0.1, -0.05) is 0 Å². The average Bonchev–Trinajstić information content (AvgIpc) is 3.02. The minimum absolute atomic E-state index is 0.0931. The van der Waals surface area contributed by atoms with Crippen molar-refractivity contribution in [3.63, 3.8) is 0 Å². The number of hydrogen-bond acceptors (Lipinski definition) is 6. The van der Waals surface area contributed by atoms with E-state index in [1.54, 1.807) is 30.2 Å². The van der Waals surface area contributed by atoms with Gasteiger partial charge >= 0.3 is 5.97 Å². The van der Waals surface area contributed by atoms with Crippen LogP contribution >= 0.6 is 0 Å². The number of pyridine rings is 1. The summed E-state index contributed by atoms with van der Waals surface area (Å²) in [6.45, 7) is 2.79. The highest BCUT2D eigenvalue weighted by molar-refractivity contribution is 5.95. The van der Waals surface area contributed by atoms with Gasteiger partial charge in [-0.05, 0) is 48.7 Å². The molecule has 1 aliphatic rings. The Bertz CT molecular complexity index is 714.